The summed E-state index contributed by atoms with van der Waals surface area (Å²) in [5.74, 6) is 0. The van der Waals surface area contributed by atoms with E-state index >= 15 is 0 Å². The molecule has 86 valence electrons. The van der Waals surface area contributed by atoms with E-state index < -0.39 is 0 Å². The van der Waals surface area contributed by atoms with Gasteiger partial charge in [-0.2, -0.15) is 16.9 Å². The molecule has 15 heavy (non-hydrogen) atoms. The van der Waals surface area contributed by atoms with E-state index in [1.165, 1.54) is 11.3 Å². The van der Waals surface area contributed by atoms with Gasteiger partial charge in [-0.3, -0.25) is 4.68 Å². The molecule has 1 aromatic rings. The highest BCUT2D eigenvalue weighted by Crippen LogP contribution is 2.07. The molecule has 1 heterocycles. The summed E-state index contributed by atoms with van der Waals surface area (Å²) in [5, 5.41) is 8.56. The fourth-order valence-electron chi connectivity index (χ4n) is 1.52. The molecule has 0 aromatic carbocycles. The van der Waals surface area contributed by atoms with Crippen molar-refractivity contribution in [3.63, 3.8) is 0 Å². The Balaban J connectivity index is 2.42. The number of hydrogen-bond acceptors (Lipinski definition) is 3. The number of nitrogens with zero attached hydrogens (tertiary/aromatic N) is 2. The third-order valence-electron chi connectivity index (χ3n) is 2.48. The second kappa shape index (κ2) is 6.18. The normalized spacial score (nSPS) is 13.1. The van der Waals surface area contributed by atoms with Crippen LogP contribution in [0.4, 0.5) is 0 Å². The SMILES string of the molecule is CCc1nn(C)cc1CNCC(C)SC. The summed E-state index contributed by atoms with van der Waals surface area (Å²) >= 11 is 1.89. The van der Waals surface area contributed by atoms with Crippen LogP contribution in [0, 0.1) is 0 Å². The Labute approximate surface area is 96.6 Å². The van der Waals surface area contributed by atoms with Gasteiger partial charge in [0, 0.05) is 37.1 Å². The van der Waals surface area contributed by atoms with Crippen LogP contribution in [0.1, 0.15) is 25.1 Å². The minimum absolute atomic E-state index is 0.673. The maximum Gasteiger partial charge on any atom is 0.0666 e. The molecule has 0 bridgehead atoms. The summed E-state index contributed by atoms with van der Waals surface area (Å²) in [7, 11) is 1.98. The summed E-state index contributed by atoms with van der Waals surface area (Å²) in [6.45, 7) is 6.37. The quantitative estimate of drug-likeness (QED) is 0.804. The fourth-order valence-corrected chi connectivity index (χ4v) is 1.81. The van der Waals surface area contributed by atoms with Crippen LogP contribution in [-0.4, -0.2) is 27.8 Å². The van der Waals surface area contributed by atoms with Crippen molar-refractivity contribution < 1.29 is 0 Å². The van der Waals surface area contributed by atoms with E-state index in [4.69, 9.17) is 0 Å². The Morgan fingerprint density at radius 3 is 2.93 bits per heavy atom. The van der Waals surface area contributed by atoms with Crippen LogP contribution < -0.4 is 5.32 Å². The summed E-state index contributed by atoms with van der Waals surface area (Å²) < 4.78 is 1.90. The molecule has 0 spiro atoms. The number of aromatic nitrogens is 2. The van der Waals surface area contributed by atoms with E-state index in [1.54, 1.807) is 0 Å². The van der Waals surface area contributed by atoms with E-state index in [-0.39, 0.29) is 0 Å². The van der Waals surface area contributed by atoms with E-state index in [9.17, 15) is 0 Å². The van der Waals surface area contributed by atoms with Crippen molar-refractivity contribution in [3.8, 4) is 0 Å². The molecule has 0 aliphatic heterocycles. The summed E-state index contributed by atoms with van der Waals surface area (Å²) in [4.78, 5) is 0. The molecule has 0 saturated heterocycles. The number of nitrogens with one attached hydrogen (secondary N) is 1. The van der Waals surface area contributed by atoms with Crippen LogP contribution in [0.5, 0.6) is 0 Å². The van der Waals surface area contributed by atoms with Crippen molar-refractivity contribution in [2.75, 3.05) is 12.8 Å². The van der Waals surface area contributed by atoms with Gasteiger partial charge >= 0.3 is 0 Å². The van der Waals surface area contributed by atoms with Crippen molar-refractivity contribution >= 4 is 11.8 Å². The second-order valence-corrected chi connectivity index (χ2v) is 5.08. The highest BCUT2D eigenvalue weighted by Gasteiger charge is 2.05. The zero-order chi connectivity index (χ0) is 11.3. The van der Waals surface area contributed by atoms with Crippen LogP contribution in [0.15, 0.2) is 6.20 Å². The van der Waals surface area contributed by atoms with Crippen molar-refractivity contribution in [1.29, 1.82) is 0 Å². The molecule has 1 aromatic heterocycles. The Bertz CT molecular complexity index is 296. The molecule has 4 heteroatoms. The van der Waals surface area contributed by atoms with E-state index in [1.807, 2.05) is 23.5 Å². The standard InChI is InChI=1S/C11H21N3S/c1-5-11-10(8-14(3)13-11)7-12-6-9(2)15-4/h8-9,12H,5-7H2,1-4H3. The number of rotatable bonds is 6. The number of aryl methyl sites for hydroxylation is 2. The summed E-state index contributed by atoms with van der Waals surface area (Å²) in [5.41, 5.74) is 2.54. The lowest BCUT2D eigenvalue weighted by atomic mass is 10.2. The summed E-state index contributed by atoms with van der Waals surface area (Å²) in [6.07, 6.45) is 5.26. The first-order valence-corrected chi connectivity index (χ1v) is 6.71. The van der Waals surface area contributed by atoms with E-state index in [0.717, 1.165) is 19.5 Å². The third kappa shape index (κ3) is 3.87. The van der Waals surface area contributed by atoms with Crippen LogP contribution in [0.2, 0.25) is 0 Å². The van der Waals surface area contributed by atoms with Gasteiger partial charge in [0.1, 0.15) is 0 Å². The molecule has 0 amide bonds. The fraction of sp³-hybridized carbons (Fsp3) is 0.727. The monoisotopic (exact) mass is 227 g/mol. The molecule has 0 fully saturated rings. The minimum Gasteiger partial charge on any atom is -0.311 e. The van der Waals surface area contributed by atoms with E-state index in [2.05, 4.69) is 36.7 Å². The first-order valence-electron chi connectivity index (χ1n) is 5.42. The summed E-state index contributed by atoms with van der Waals surface area (Å²) in [6, 6.07) is 0. The topological polar surface area (TPSA) is 29.9 Å². The first-order chi connectivity index (χ1) is 7.17. The van der Waals surface area contributed by atoms with Gasteiger partial charge in [-0.1, -0.05) is 13.8 Å². The second-order valence-electron chi connectivity index (χ2n) is 3.81. The molecule has 3 nitrogen and oxygen atoms in total. The lowest BCUT2D eigenvalue weighted by molar-refractivity contribution is 0.680. The smallest absolute Gasteiger partial charge is 0.0666 e. The van der Waals surface area contributed by atoms with Gasteiger partial charge in [0.15, 0.2) is 0 Å². The number of thioether (sulfide) groups is 1. The van der Waals surface area contributed by atoms with Crippen LogP contribution in [-0.2, 0) is 20.0 Å². The van der Waals surface area contributed by atoms with Gasteiger partial charge in [-0.05, 0) is 12.7 Å². The molecular weight excluding hydrogens is 206 g/mol. The average molecular weight is 227 g/mol. The highest BCUT2D eigenvalue weighted by molar-refractivity contribution is 7.99. The Morgan fingerprint density at radius 1 is 1.60 bits per heavy atom. The minimum atomic E-state index is 0.673. The lowest BCUT2D eigenvalue weighted by Gasteiger charge is -2.09. The van der Waals surface area contributed by atoms with E-state index in [0.29, 0.717) is 5.25 Å². The largest absolute Gasteiger partial charge is 0.311 e. The van der Waals surface area contributed by atoms with Crippen molar-refractivity contribution in [2.45, 2.75) is 32.1 Å². The molecular formula is C11H21N3S. The first kappa shape index (κ1) is 12.6. The van der Waals surface area contributed by atoms with Crippen LogP contribution in [0.25, 0.3) is 0 Å². The maximum atomic E-state index is 4.42. The van der Waals surface area contributed by atoms with Crippen LogP contribution in [0.3, 0.4) is 0 Å². The molecule has 1 rings (SSSR count). The molecule has 1 atom stereocenters. The zero-order valence-electron chi connectivity index (χ0n) is 10.1. The van der Waals surface area contributed by atoms with Crippen molar-refractivity contribution in [1.82, 2.24) is 15.1 Å². The van der Waals surface area contributed by atoms with Gasteiger partial charge < -0.3 is 5.32 Å². The average Bonchev–Trinajstić information content (AvgIpc) is 2.58. The van der Waals surface area contributed by atoms with Gasteiger partial charge in [0.05, 0.1) is 5.69 Å². The molecule has 0 saturated carbocycles. The molecule has 1 N–H and O–H groups in total. The predicted octanol–water partition coefficient (Wildman–Crippen LogP) is 1.82. The zero-order valence-corrected chi connectivity index (χ0v) is 10.9. The Morgan fingerprint density at radius 2 is 2.33 bits per heavy atom. The van der Waals surface area contributed by atoms with Gasteiger partial charge in [0.2, 0.25) is 0 Å². The molecule has 0 aliphatic carbocycles. The highest BCUT2D eigenvalue weighted by atomic mass is 32.2. The predicted molar refractivity (Wildman–Crippen MR) is 67.3 cm³/mol. The van der Waals surface area contributed by atoms with Crippen molar-refractivity contribution in [3.05, 3.63) is 17.5 Å². The molecule has 0 aliphatic rings. The Kier molecular flexibility index (Phi) is 5.19. The van der Waals surface area contributed by atoms with Gasteiger partial charge in [-0.15, -0.1) is 0 Å². The molecule has 0 radical (unpaired) electrons. The van der Waals surface area contributed by atoms with Crippen molar-refractivity contribution in [2.24, 2.45) is 7.05 Å². The maximum absolute atomic E-state index is 4.42. The lowest BCUT2D eigenvalue weighted by Crippen LogP contribution is -2.22. The number of hydrogen-bond donors (Lipinski definition) is 1. The molecule has 1 unspecified atom stereocenters. The van der Waals surface area contributed by atoms with Gasteiger partial charge in [-0.25, -0.2) is 0 Å². The third-order valence-corrected chi connectivity index (χ3v) is 3.45. The van der Waals surface area contributed by atoms with Crippen LogP contribution >= 0.6 is 11.8 Å². The van der Waals surface area contributed by atoms with Gasteiger partial charge in [0.25, 0.3) is 0 Å². The Hall–Kier alpha value is -0.480.